The Hall–Kier alpha value is -0.590. The smallest absolute Gasteiger partial charge is 0.0684 e. The predicted octanol–water partition coefficient (Wildman–Crippen LogP) is 2.02. The summed E-state index contributed by atoms with van der Waals surface area (Å²) in [7, 11) is 0. The average molecular weight is 224 g/mol. The molecular formula is C13H24N2O. The maximum atomic E-state index is 9.78. The fourth-order valence-corrected chi connectivity index (χ4v) is 2.19. The molecule has 1 saturated heterocycles. The lowest BCUT2D eigenvalue weighted by Gasteiger charge is -2.36. The molecule has 0 aromatic rings. The molecule has 0 radical (unpaired) electrons. The second kappa shape index (κ2) is 5.65. The van der Waals surface area contributed by atoms with Crippen LogP contribution in [0.5, 0.6) is 0 Å². The molecule has 0 bridgehead atoms. The van der Waals surface area contributed by atoms with Crippen molar-refractivity contribution in [2.75, 3.05) is 19.6 Å². The van der Waals surface area contributed by atoms with Gasteiger partial charge in [-0.3, -0.25) is 0 Å². The summed E-state index contributed by atoms with van der Waals surface area (Å²) in [6, 6.07) is 2.34. The Morgan fingerprint density at radius 3 is 2.75 bits per heavy atom. The van der Waals surface area contributed by atoms with Gasteiger partial charge in [0, 0.05) is 13.1 Å². The van der Waals surface area contributed by atoms with Crippen LogP contribution in [-0.4, -0.2) is 35.7 Å². The van der Waals surface area contributed by atoms with Crippen LogP contribution in [0.3, 0.4) is 0 Å². The van der Waals surface area contributed by atoms with E-state index in [1.807, 2.05) is 13.8 Å². The first-order valence-corrected chi connectivity index (χ1v) is 6.30. The second-order valence-electron chi connectivity index (χ2n) is 5.57. The van der Waals surface area contributed by atoms with E-state index in [9.17, 15) is 5.11 Å². The van der Waals surface area contributed by atoms with Gasteiger partial charge in [-0.25, -0.2) is 0 Å². The van der Waals surface area contributed by atoms with E-state index in [1.165, 1.54) is 0 Å². The summed E-state index contributed by atoms with van der Waals surface area (Å²) in [6.07, 6.45) is 2.71. The molecule has 3 heteroatoms. The van der Waals surface area contributed by atoms with Gasteiger partial charge in [0.05, 0.1) is 17.6 Å². The van der Waals surface area contributed by atoms with E-state index in [0.29, 0.717) is 5.92 Å². The van der Waals surface area contributed by atoms with E-state index < -0.39 is 0 Å². The average Bonchev–Trinajstić information content (AvgIpc) is 2.28. The van der Waals surface area contributed by atoms with Gasteiger partial charge in [0.15, 0.2) is 0 Å². The fraction of sp³-hybridized carbons (Fsp3) is 0.923. The SMILES string of the molecule is CCC1CN(CCC(C)(C)C#N)CCC1O. The minimum absolute atomic E-state index is 0.120. The van der Waals surface area contributed by atoms with Crippen molar-refractivity contribution < 1.29 is 5.11 Å². The van der Waals surface area contributed by atoms with Gasteiger partial charge in [0.25, 0.3) is 0 Å². The zero-order chi connectivity index (χ0) is 12.2. The Labute approximate surface area is 99.1 Å². The highest BCUT2D eigenvalue weighted by Crippen LogP contribution is 2.23. The molecule has 0 aromatic heterocycles. The summed E-state index contributed by atoms with van der Waals surface area (Å²) in [5, 5.41) is 18.7. The Balaban J connectivity index is 2.37. The molecule has 1 aliphatic heterocycles. The van der Waals surface area contributed by atoms with Crippen molar-refractivity contribution in [2.24, 2.45) is 11.3 Å². The quantitative estimate of drug-likeness (QED) is 0.794. The largest absolute Gasteiger partial charge is 0.393 e. The zero-order valence-corrected chi connectivity index (χ0v) is 10.7. The molecule has 1 rings (SSSR count). The second-order valence-corrected chi connectivity index (χ2v) is 5.57. The summed E-state index contributed by atoms with van der Waals surface area (Å²) < 4.78 is 0. The van der Waals surface area contributed by atoms with Gasteiger partial charge >= 0.3 is 0 Å². The molecule has 1 fully saturated rings. The van der Waals surface area contributed by atoms with Gasteiger partial charge in [-0.05, 0) is 45.6 Å². The van der Waals surface area contributed by atoms with Crippen LogP contribution in [0.15, 0.2) is 0 Å². The van der Waals surface area contributed by atoms with E-state index in [1.54, 1.807) is 0 Å². The third-order valence-corrected chi connectivity index (χ3v) is 3.66. The van der Waals surface area contributed by atoms with Crippen molar-refractivity contribution in [2.45, 2.75) is 46.1 Å². The van der Waals surface area contributed by atoms with Crippen LogP contribution in [0.25, 0.3) is 0 Å². The summed E-state index contributed by atoms with van der Waals surface area (Å²) >= 11 is 0. The number of nitrogens with zero attached hydrogens (tertiary/aromatic N) is 2. The summed E-state index contributed by atoms with van der Waals surface area (Å²) in [4.78, 5) is 2.39. The number of rotatable bonds is 4. The molecule has 1 aliphatic rings. The van der Waals surface area contributed by atoms with E-state index in [-0.39, 0.29) is 11.5 Å². The summed E-state index contributed by atoms with van der Waals surface area (Å²) in [5.74, 6) is 0.416. The number of aliphatic hydroxyl groups is 1. The molecule has 0 aliphatic carbocycles. The zero-order valence-electron chi connectivity index (χ0n) is 10.7. The Morgan fingerprint density at radius 1 is 1.50 bits per heavy atom. The maximum Gasteiger partial charge on any atom is 0.0684 e. The van der Waals surface area contributed by atoms with E-state index >= 15 is 0 Å². The van der Waals surface area contributed by atoms with Crippen LogP contribution in [-0.2, 0) is 0 Å². The molecular weight excluding hydrogens is 200 g/mol. The molecule has 92 valence electrons. The first kappa shape index (κ1) is 13.5. The van der Waals surface area contributed by atoms with Gasteiger partial charge in [-0.15, -0.1) is 0 Å². The first-order valence-electron chi connectivity index (χ1n) is 6.30. The maximum absolute atomic E-state index is 9.78. The Kier molecular flexibility index (Phi) is 4.76. The molecule has 0 aromatic carbocycles. The van der Waals surface area contributed by atoms with Gasteiger partial charge < -0.3 is 10.0 Å². The molecule has 2 unspecified atom stereocenters. The summed E-state index contributed by atoms with van der Waals surface area (Å²) in [6.45, 7) is 9.05. The lowest BCUT2D eigenvalue weighted by atomic mass is 9.89. The minimum atomic E-state index is -0.224. The number of likely N-dealkylation sites (tertiary alicyclic amines) is 1. The normalized spacial score (nSPS) is 27.7. The minimum Gasteiger partial charge on any atom is -0.393 e. The van der Waals surface area contributed by atoms with Crippen molar-refractivity contribution in [3.8, 4) is 6.07 Å². The van der Waals surface area contributed by atoms with E-state index in [2.05, 4.69) is 17.9 Å². The van der Waals surface area contributed by atoms with Crippen molar-refractivity contribution in [3.63, 3.8) is 0 Å². The van der Waals surface area contributed by atoms with Crippen LogP contribution in [0.1, 0.15) is 40.0 Å². The number of piperidine rings is 1. The third-order valence-electron chi connectivity index (χ3n) is 3.66. The number of hydrogen-bond acceptors (Lipinski definition) is 3. The molecule has 16 heavy (non-hydrogen) atoms. The van der Waals surface area contributed by atoms with Crippen LogP contribution in [0.4, 0.5) is 0 Å². The molecule has 3 nitrogen and oxygen atoms in total. The molecule has 1 N–H and O–H groups in total. The van der Waals surface area contributed by atoms with Crippen molar-refractivity contribution >= 4 is 0 Å². The lowest BCUT2D eigenvalue weighted by molar-refractivity contribution is 0.0227. The monoisotopic (exact) mass is 224 g/mol. The molecule has 1 heterocycles. The van der Waals surface area contributed by atoms with E-state index in [4.69, 9.17) is 5.26 Å². The number of aliphatic hydroxyl groups excluding tert-OH is 1. The third kappa shape index (κ3) is 3.77. The van der Waals surface area contributed by atoms with Crippen molar-refractivity contribution in [1.29, 1.82) is 5.26 Å². The number of hydrogen-bond donors (Lipinski definition) is 1. The summed E-state index contributed by atoms with van der Waals surface area (Å²) in [5.41, 5.74) is -0.224. The Bertz CT molecular complexity index is 257. The Morgan fingerprint density at radius 2 is 2.19 bits per heavy atom. The molecule has 0 spiro atoms. The van der Waals surface area contributed by atoms with Gasteiger partial charge in [0.2, 0.25) is 0 Å². The molecule has 0 amide bonds. The van der Waals surface area contributed by atoms with Crippen molar-refractivity contribution in [1.82, 2.24) is 4.90 Å². The van der Waals surface area contributed by atoms with Crippen LogP contribution in [0, 0.1) is 22.7 Å². The van der Waals surface area contributed by atoms with Crippen LogP contribution >= 0.6 is 0 Å². The highest BCUT2D eigenvalue weighted by molar-refractivity contribution is 4.92. The first-order chi connectivity index (χ1) is 7.48. The van der Waals surface area contributed by atoms with Gasteiger partial charge in [0.1, 0.15) is 0 Å². The highest BCUT2D eigenvalue weighted by Gasteiger charge is 2.27. The predicted molar refractivity (Wildman–Crippen MR) is 64.9 cm³/mol. The van der Waals surface area contributed by atoms with Gasteiger partial charge in [-0.1, -0.05) is 6.92 Å². The molecule has 2 atom stereocenters. The lowest BCUT2D eigenvalue weighted by Crippen LogP contribution is -2.43. The van der Waals surface area contributed by atoms with Crippen molar-refractivity contribution in [3.05, 3.63) is 0 Å². The van der Waals surface area contributed by atoms with Crippen LogP contribution in [0.2, 0.25) is 0 Å². The number of nitriles is 1. The highest BCUT2D eigenvalue weighted by atomic mass is 16.3. The topological polar surface area (TPSA) is 47.3 Å². The standard InChI is InChI=1S/C13H24N2O/c1-4-11-9-15(7-5-12(11)16)8-6-13(2,3)10-14/h11-12,16H,4-9H2,1-3H3. The fourth-order valence-electron chi connectivity index (χ4n) is 2.19. The molecule has 0 saturated carbocycles. The van der Waals surface area contributed by atoms with Gasteiger partial charge in [-0.2, -0.15) is 5.26 Å². The van der Waals surface area contributed by atoms with E-state index in [0.717, 1.165) is 38.9 Å². The van der Waals surface area contributed by atoms with Crippen LogP contribution < -0.4 is 0 Å².